The van der Waals surface area contributed by atoms with Gasteiger partial charge in [-0.1, -0.05) is 6.07 Å². The van der Waals surface area contributed by atoms with Crippen LogP contribution in [-0.4, -0.2) is 25.7 Å². The van der Waals surface area contributed by atoms with E-state index in [0.29, 0.717) is 12.1 Å². The van der Waals surface area contributed by atoms with Crippen molar-refractivity contribution in [1.29, 1.82) is 0 Å². The van der Waals surface area contributed by atoms with E-state index in [-0.39, 0.29) is 5.78 Å². The molecule has 3 heterocycles. The van der Waals surface area contributed by atoms with Crippen molar-refractivity contribution in [3.8, 4) is 0 Å². The van der Waals surface area contributed by atoms with Crippen LogP contribution in [0.4, 0.5) is 5.69 Å². The van der Waals surface area contributed by atoms with Gasteiger partial charge in [0.1, 0.15) is 5.56 Å². The molecule has 0 saturated heterocycles. The number of nitrogens with two attached hydrogens (primary N) is 1. The first-order valence-corrected chi connectivity index (χ1v) is 9.98. The number of rotatable bonds is 8. The van der Waals surface area contributed by atoms with Crippen molar-refractivity contribution in [2.24, 2.45) is 5.73 Å². The highest BCUT2D eigenvalue weighted by atomic mass is 32.1. The highest BCUT2D eigenvalue weighted by Crippen LogP contribution is 2.19. The third-order valence-corrected chi connectivity index (χ3v) is 5.83. The largest absolute Gasteiger partial charge is 0.365 e. The first-order chi connectivity index (χ1) is 14.2. The third kappa shape index (κ3) is 4.23. The molecule has 0 aromatic carbocycles. The zero-order chi connectivity index (χ0) is 22.0. The van der Waals surface area contributed by atoms with Crippen LogP contribution in [0.5, 0.6) is 0 Å². The molecule has 0 spiro atoms. The molecule has 0 aliphatic heterocycles. The maximum Gasteiger partial charge on any atom is 0.286 e. The van der Waals surface area contributed by atoms with Crippen LogP contribution in [0.25, 0.3) is 0 Å². The lowest BCUT2D eigenvalue weighted by atomic mass is 10.1. The third-order valence-electron chi connectivity index (χ3n) is 4.90. The Morgan fingerprint density at radius 1 is 1.23 bits per heavy atom. The number of primary amides is 1. The molecule has 0 bridgehead atoms. The molecule has 10 heteroatoms. The molecule has 0 unspecified atom stereocenters. The number of Topliss-reactive ketones (excluding diaryl/α,β-unsaturated/α-hetero) is 1. The van der Waals surface area contributed by atoms with Gasteiger partial charge in [0.25, 0.3) is 17.2 Å². The van der Waals surface area contributed by atoms with Crippen LogP contribution in [0.3, 0.4) is 0 Å². The van der Waals surface area contributed by atoms with Gasteiger partial charge < -0.3 is 14.9 Å². The smallest absolute Gasteiger partial charge is 0.286 e. The Labute approximate surface area is 175 Å². The SMILES string of the molecule is Cc1cc(C(=O)Cn2cc([N+](=O)[O-])cc(C(N)=O)c2=O)c(C)n1CCc1cccs1. The summed E-state index contributed by atoms with van der Waals surface area (Å²) in [6.07, 6.45) is 1.77. The second-order valence-corrected chi connectivity index (χ2v) is 7.89. The second kappa shape index (κ2) is 8.46. The van der Waals surface area contributed by atoms with Crippen molar-refractivity contribution in [3.05, 3.63) is 83.7 Å². The van der Waals surface area contributed by atoms with Crippen LogP contribution in [-0.2, 0) is 19.5 Å². The van der Waals surface area contributed by atoms with E-state index in [9.17, 15) is 24.5 Å². The van der Waals surface area contributed by atoms with E-state index in [1.807, 2.05) is 29.9 Å². The summed E-state index contributed by atoms with van der Waals surface area (Å²) in [6.45, 7) is 3.98. The summed E-state index contributed by atoms with van der Waals surface area (Å²) in [5.74, 6) is -1.47. The molecule has 30 heavy (non-hydrogen) atoms. The molecule has 0 radical (unpaired) electrons. The monoisotopic (exact) mass is 428 g/mol. The molecule has 0 saturated carbocycles. The molecule has 0 fully saturated rings. The first kappa shape index (κ1) is 21.2. The molecule has 156 valence electrons. The van der Waals surface area contributed by atoms with E-state index < -0.39 is 34.2 Å². The Morgan fingerprint density at radius 3 is 2.57 bits per heavy atom. The maximum atomic E-state index is 12.9. The highest BCUT2D eigenvalue weighted by molar-refractivity contribution is 7.09. The van der Waals surface area contributed by atoms with Crippen LogP contribution in [0.1, 0.15) is 37.0 Å². The van der Waals surface area contributed by atoms with Crippen LogP contribution >= 0.6 is 11.3 Å². The lowest BCUT2D eigenvalue weighted by Crippen LogP contribution is -2.31. The minimum Gasteiger partial charge on any atom is -0.365 e. The maximum absolute atomic E-state index is 12.9. The summed E-state index contributed by atoms with van der Waals surface area (Å²) < 4.78 is 2.89. The van der Waals surface area contributed by atoms with Gasteiger partial charge in [-0.15, -0.1) is 11.3 Å². The quantitative estimate of drug-likeness (QED) is 0.335. The Balaban J connectivity index is 1.89. The summed E-state index contributed by atoms with van der Waals surface area (Å²) in [4.78, 5) is 48.4. The molecule has 3 aromatic heterocycles. The van der Waals surface area contributed by atoms with Crippen LogP contribution in [0.2, 0.25) is 0 Å². The van der Waals surface area contributed by atoms with E-state index in [2.05, 4.69) is 6.07 Å². The van der Waals surface area contributed by atoms with Gasteiger partial charge in [-0.2, -0.15) is 0 Å². The summed E-state index contributed by atoms with van der Waals surface area (Å²) in [7, 11) is 0. The van der Waals surface area contributed by atoms with Crippen LogP contribution < -0.4 is 11.3 Å². The van der Waals surface area contributed by atoms with E-state index in [1.165, 1.54) is 4.88 Å². The molecule has 3 rings (SSSR count). The number of thiophene rings is 1. The number of aryl methyl sites for hydroxylation is 2. The first-order valence-electron chi connectivity index (χ1n) is 9.10. The number of nitro groups is 1. The van der Waals surface area contributed by atoms with Gasteiger partial charge in [-0.05, 0) is 37.8 Å². The van der Waals surface area contributed by atoms with E-state index in [1.54, 1.807) is 17.4 Å². The predicted octanol–water partition coefficient (Wildman–Crippen LogP) is 2.46. The summed E-state index contributed by atoms with van der Waals surface area (Å²) in [5.41, 5.74) is 5.38. The fourth-order valence-electron chi connectivity index (χ4n) is 3.36. The molecular formula is C20H20N4O5S. The number of hydrogen-bond acceptors (Lipinski definition) is 6. The number of nitrogens with zero attached hydrogens (tertiary/aromatic N) is 3. The van der Waals surface area contributed by atoms with Crippen molar-refractivity contribution in [2.45, 2.75) is 33.4 Å². The molecular weight excluding hydrogens is 408 g/mol. The lowest BCUT2D eigenvalue weighted by molar-refractivity contribution is -0.385. The molecule has 0 atom stereocenters. The molecule has 2 N–H and O–H groups in total. The summed E-state index contributed by atoms with van der Waals surface area (Å²) >= 11 is 1.67. The van der Waals surface area contributed by atoms with E-state index >= 15 is 0 Å². The standard InChI is InChI=1S/C20H20N4O5S/c1-12-8-16(13(2)23(12)6-5-15-4-3-7-30-15)18(25)11-22-10-14(24(28)29)9-17(19(21)26)20(22)27/h3-4,7-10H,5-6,11H2,1-2H3,(H2,21,26). The van der Waals surface area contributed by atoms with Crippen molar-refractivity contribution in [3.63, 3.8) is 0 Å². The summed E-state index contributed by atoms with van der Waals surface area (Å²) in [6, 6.07) is 6.60. The van der Waals surface area contributed by atoms with E-state index in [0.717, 1.165) is 34.6 Å². The van der Waals surface area contributed by atoms with Crippen molar-refractivity contribution >= 4 is 28.7 Å². The fourth-order valence-corrected chi connectivity index (χ4v) is 4.06. The molecule has 0 aliphatic carbocycles. The number of carbonyl (C=O) groups excluding carboxylic acids is 2. The van der Waals surface area contributed by atoms with Crippen molar-refractivity contribution < 1.29 is 14.5 Å². The van der Waals surface area contributed by atoms with Gasteiger partial charge in [0.15, 0.2) is 5.78 Å². The van der Waals surface area contributed by atoms with Crippen LogP contribution in [0.15, 0.2) is 40.6 Å². The Morgan fingerprint density at radius 2 is 1.97 bits per heavy atom. The minimum atomic E-state index is -1.09. The fraction of sp³-hybridized carbons (Fsp3) is 0.250. The summed E-state index contributed by atoms with van der Waals surface area (Å²) in [5, 5.41) is 13.1. The minimum absolute atomic E-state index is 0.386. The van der Waals surface area contributed by atoms with Gasteiger partial charge in [-0.3, -0.25) is 24.5 Å². The van der Waals surface area contributed by atoms with Gasteiger partial charge in [0, 0.05) is 34.4 Å². The van der Waals surface area contributed by atoms with Gasteiger partial charge in [-0.25, -0.2) is 0 Å². The average molecular weight is 428 g/mol. The number of hydrogen-bond donors (Lipinski definition) is 1. The number of amides is 1. The van der Waals surface area contributed by atoms with Crippen molar-refractivity contribution in [1.82, 2.24) is 9.13 Å². The van der Waals surface area contributed by atoms with E-state index in [4.69, 9.17) is 5.73 Å². The Kier molecular flexibility index (Phi) is 5.97. The van der Waals surface area contributed by atoms with Crippen LogP contribution in [0, 0.1) is 24.0 Å². The normalized spacial score (nSPS) is 10.9. The molecule has 3 aromatic rings. The molecule has 9 nitrogen and oxygen atoms in total. The predicted molar refractivity (Wildman–Crippen MR) is 112 cm³/mol. The van der Waals surface area contributed by atoms with Gasteiger partial charge in [0.05, 0.1) is 17.7 Å². The topological polar surface area (TPSA) is 130 Å². The van der Waals surface area contributed by atoms with Gasteiger partial charge >= 0.3 is 0 Å². The zero-order valence-electron chi connectivity index (χ0n) is 16.5. The Hall–Kier alpha value is -3.53. The van der Waals surface area contributed by atoms with Crippen molar-refractivity contribution in [2.75, 3.05) is 0 Å². The molecule has 0 aliphatic rings. The zero-order valence-corrected chi connectivity index (χ0v) is 17.3. The average Bonchev–Trinajstić information content (AvgIpc) is 3.29. The number of carbonyl (C=O) groups is 2. The molecule has 1 amide bonds. The Bertz CT molecular complexity index is 1190. The van der Waals surface area contributed by atoms with Gasteiger partial charge in [0.2, 0.25) is 0 Å². The number of pyridine rings is 1. The lowest BCUT2D eigenvalue weighted by Gasteiger charge is -2.10. The number of ketones is 1. The number of aromatic nitrogens is 2. The second-order valence-electron chi connectivity index (χ2n) is 6.86. The highest BCUT2D eigenvalue weighted by Gasteiger charge is 2.21.